The van der Waals surface area contributed by atoms with Gasteiger partial charge in [0, 0.05) is 19.5 Å². The van der Waals surface area contributed by atoms with Gasteiger partial charge >= 0.3 is 0 Å². The normalized spacial score (nSPS) is 19.9. The maximum atomic E-state index is 3.93. The lowest BCUT2D eigenvalue weighted by Crippen LogP contribution is -1.85. The number of rotatable bonds is 3. The second-order valence-corrected chi connectivity index (χ2v) is 2.47. The van der Waals surface area contributed by atoms with E-state index in [-0.39, 0.29) is 0 Å². The van der Waals surface area contributed by atoms with E-state index in [2.05, 4.69) is 16.7 Å². The topological polar surface area (TPSA) is 24.7 Å². The van der Waals surface area contributed by atoms with Crippen molar-refractivity contribution in [2.45, 2.75) is 12.8 Å². The lowest BCUT2D eigenvalue weighted by Gasteiger charge is -1.92. The number of aliphatic imine (C=N–C) groups is 2. The second-order valence-electron chi connectivity index (χ2n) is 2.47. The zero-order valence-corrected chi connectivity index (χ0v) is 6.25. The van der Waals surface area contributed by atoms with Crippen LogP contribution in [0.2, 0.25) is 0 Å². The van der Waals surface area contributed by atoms with Gasteiger partial charge in [-0.3, -0.25) is 9.98 Å². The van der Waals surface area contributed by atoms with E-state index in [4.69, 9.17) is 0 Å². The molecule has 0 heterocycles. The third kappa shape index (κ3) is 1.79. The van der Waals surface area contributed by atoms with E-state index in [0.29, 0.717) is 5.92 Å². The molecule has 0 N–H and O–H groups in total. The predicted molar refractivity (Wildman–Crippen MR) is 44.8 cm³/mol. The van der Waals surface area contributed by atoms with Crippen LogP contribution in [0.4, 0.5) is 0 Å². The van der Waals surface area contributed by atoms with Crippen LogP contribution >= 0.6 is 0 Å². The first-order valence-electron chi connectivity index (χ1n) is 3.46. The van der Waals surface area contributed by atoms with Crippen molar-refractivity contribution in [2.24, 2.45) is 15.9 Å². The van der Waals surface area contributed by atoms with Crippen LogP contribution in [0.15, 0.2) is 21.8 Å². The average molecular weight is 136 g/mol. The van der Waals surface area contributed by atoms with Crippen LogP contribution in [0, 0.1) is 5.92 Å². The van der Waals surface area contributed by atoms with E-state index in [1.165, 1.54) is 18.4 Å². The van der Waals surface area contributed by atoms with Crippen molar-refractivity contribution in [3.63, 3.8) is 0 Å². The van der Waals surface area contributed by atoms with Gasteiger partial charge < -0.3 is 0 Å². The van der Waals surface area contributed by atoms with Gasteiger partial charge in [-0.2, -0.15) is 0 Å². The summed E-state index contributed by atoms with van der Waals surface area (Å²) in [4.78, 5) is 7.65. The lowest BCUT2D eigenvalue weighted by molar-refractivity contribution is 1.07. The average Bonchev–Trinajstić information content (AvgIpc) is 2.69. The summed E-state index contributed by atoms with van der Waals surface area (Å²) < 4.78 is 0. The fourth-order valence-electron chi connectivity index (χ4n) is 0.915. The lowest BCUT2D eigenvalue weighted by atomic mass is 10.2. The van der Waals surface area contributed by atoms with E-state index in [0.717, 1.165) is 0 Å². The summed E-state index contributed by atoms with van der Waals surface area (Å²) in [6.45, 7) is 3.40. The molecule has 0 saturated heterocycles. The minimum absolute atomic E-state index is 0.717. The maximum absolute atomic E-state index is 3.93. The van der Waals surface area contributed by atoms with E-state index >= 15 is 0 Å². The minimum Gasteiger partial charge on any atom is -0.296 e. The van der Waals surface area contributed by atoms with Gasteiger partial charge in [0.2, 0.25) is 0 Å². The van der Waals surface area contributed by atoms with Crippen LogP contribution in [0.5, 0.6) is 0 Å². The standard InChI is InChI=1S/C8H12N2/c1-9-5-8(6-10-2)7-3-4-7/h5-7H,1,3-4H2,2H3/b8-5+,10-6-. The van der Waals surface area contributed by atoms with Crippen molar-refractivity contribution in [2.75, 3.05) is 7.05 Å². The van der Waals surface area contributed by atoms with E-state index in [9.17, 15) is 0 Å². The summed E-state index contributed by atoms with van der Waals surface area (Å²) in [5, 5.41) is 0. The van der Waals surface area contributed by atoms with Gasteiger partial charge in [-0.15, -0.1) is 0 Å². The third-order valence-electron chi connectivity index (χ3n) is 1.57. The number of nitrogens with zero attached hydrogens (tertiary/aromatic N) is 2. The van der Waals surface area contributed by atoms with Crippen molar-refractivity contribution >= 4 is 12.9 Å². The molecule has 2 heteroatoms. The molecular formula is C8H12N2. The molecule has 0 bridgehead atoms. The first kappa shape index (κ1) is 7.19. The van der Waals surface area contributed by atoms with Crippen LogP contribution in [0.1, 0.15) is 12.8 Å². The van der Waals surface area contributed by atoms with E-state index < -0.39 is 0 Å². The van der Waals surface area contributed by atoms with Gasteiger partial charge in [-0.1, -0.05) is 0 Å². The van der Waals surface area contributed by atoms with E-state index in [1.54, 1.807) is 13.2 Å². The molecule has 54 valence electrons. The third-order valence-corrected chi connectivity index (χ3v) is 1.57. The highest BCUT2D eigenvalue weighted by Gasteiger charge is 2.24. The first-order valence-corrected chi connectivity index (χ1v) is 3.46. The van der Waals surface area contributed by atoms with Crippen molar-refractivity contribution in [3.8, 4) is 0 Å². The quantitative estimate of drug-likeness (QED) is 0.527. The Morgan fingerprint density at radius 1 is 1.60 bits per heavy atom. The Morgan fingerprint density at radius 2 is 2.30 bits per heavy atom. The Hall–Kier alpha value is -0.920. The number of allylic oxidation sites excluding steroid dienone is 1. The summed E-state index contributed by atoms with van der Waals surface area (Å²) >= 11 is 0. The van der Waals surface area contributed by atoms with Crippen molar-refractivity contribution < 1.29 is 0 Å². The molecule has 0 atom stereocenters. The smallest absolute Gasteiger partial charge is 0.0310 e. The van der Waals surface area contributed by atoms with Crippen LogP contribution in [-0.2, 0) is 0 Å². The fraction of sp³-hybridized carbons (Fsp3) is 0.500. The first-order chi connectivity index (χ1) is 4.88. The Bertz CT molecular complexity index is 176. The molecule has 1 rings (SSSR count). The van der Waals surface area contributed by atoms with Gasteiger partial charge in [0.05, 0.1) is 0 Å². The molecule has 1 fully saturated rings. The minimum atomic E-state index is 0.717. The molecule has 1 aliphatic carbocycles. The van der Waals surface area contributed by atoms with Crippen LogP contribution in [0.3, 0.4) is 0 Å². The molecule has 2 nitrogen and oxygen atoms in total. The van der Waals surface area contributed by atoms with Crippen molar-refractivity contribution in [1.82, 2.24) is 0 Å². The van der Waals surface area contributed by atoms with Gasteiger partial charge in [0.1, 0.15) is 0 Å². The molecule has 0 spiro atoms. The molecular weight excluding hydrogens is 124 g/mol. The molecule has 0 aromatic rings. The van der Waals surface area contributed by atoms with Crippen LogP contribution in [0.25, 0.3) is 0 Å². The zero-order valence-electron chi connectivity index (χ0n) is 6.25. The van der Waals surface area contributed by atoms with Crippen molar-refractivity contribution in [3.05, 3.63) is 11.8 Å². The zero-order chi connectivity index (χ0) is 7.40. The second kappa shape index (κ2) is 3.30. The maximum Gasteiger partial charge on any atom is 0.0310 e. The molecule has 0 amide bonds. The Labute approximate surface area is 61.4 Å². The van der Waals surface area contributed by atoms with E-state index in [1.807, 2.05) is 6.21 Å². The highest BCUT2D eigenvalue weighted by atomic mass is 14.7. The molecule has 0 aromatic carbocycles. The molecule has 10 heavy (non-hydrogen) atoms. The van der Waals surface area contributed by atoms with Gasteiger partial charge in [-0.05, 0) is 31.1 Å². The SMILES string of the molecule is C=N/C=C(\C=N/C)C1CC1. The van der Waals surface area contributed by atoms with Crippen LogP contribution in [-0.4, -0.2) is 20.0 Å². The number of hydrogen-bond acceptors (Lipinski definition) is 2. The monoisotopic (exact) mass is 136 g/mol. The summed E-state index contributed by atoms with van der Waals surface area (Å²) in [5.74, 6) is 0.717. The molecule has 0 unspecified atom stereocenters. The summed E-state index contributed by atoms with van der Waals surface area (Å²) in [6.07, 6.45) is 6.23. The molecule has 0 aromatic heterocycles. The molecule has 0 aliphatic heterocycles. The highest BCUT2D eigenvalue weighted by molar-refractivity contribution is 5.79. The van der Waals surface area contributed by atoms with Gasteiger partial charge in [0.25, 0.3) is 0 Å². The largest absolute Gasteiger partial charge is 0.296 e. The van der Waals surface area contributed by atoms with Gasteiger partial charge in [-0.25, -0.2) is 0 Å². The highest BCUT2D eigenvalue weighted by Crippen LogP contribution is 2.35. The molecule has 0 radical (unpaired) electrons. The number of hydrogen-bond donors (Lipinski definition) is 0. The van der Waals surface area contributed by atoms with Crippen molar-refractivity contribution in [1.29, 1.82) is 0 Å². The van der Waals surface area contributed by atoms with Gasteiger partial charge in [0.15, 0.2) is 0 Å². The van der Waals surface area contributed by atoms with Crippen LogP contribution < -0.4 is 0 Å². The summed E-state index contributed by atoms with van der Waals surface area (Å²) in [5.41, 5.74) is 1.22. The summed E-state index contributed by atoms with van der Waals surface area (Å²) in [7, 11) is 1.78. The summed E-state index contributed by atoms with van der Waals surface area (Å²) in [6, 6.07) is 0. The fourth-order valence-corrected chi connectivity index (χ4v) is 0.915. The Morgan fingerprint density at radius 3 is 2.70 bits per heavy atom. The Balaban J connectivity index is 2.57. The predicted octanol–water partition coefficient (Wildman–Crippen LogP) is 1.68. The molecule has 1 saturated carbocycles. The Kier molecular flexibility index (Phi) is 2.37. The molecule has 1 aliphatic rings.